The number of anilines is 1. The molecule has 0 bridgehead atoms. The number of hydrogen-bond donors (Lipinski definition) is 0. The molecule has 0 unspecified atom stereocenters. The molecule has 2 aliphatic rings. The van der Waals surface area contributed by atoms with Gasteiger partial charge in [0, 0.05) is 35.9 Å². The van der Waals surface area contributed by atoms with Crippen LogP contribution >= 0.6 is 11.6 Å². The molecular weight excluding hydrogens is 344 g/mol. The van der Waals surface area contributed by atoms with Gasteiger partial charge in [-0.3, -0.25) is 14.6 Å². The first-order valence-corrected chi connectivity index (χ1v) is 8.56. The zero-order valence-electron chi connectivity index (χ0n) is 13.3. The van der Waals surface area contributed by atoms with Crippen molar-refractivity contribution in [2.24, 2.45) is 11.8 Å². The van der Waals surface area contributed by atoms with Crippen molar-refractivity contribution in [3.8, 4) is 11.3 Å². The lowest BCUT2D eigenvalue weighted by Gasteiger charge is -2.20. The van der Waals surface area contributed by atoms with Crippen LogP contribution in [0.5, 0.6) is 0 Å². The fourth-order valence-corrected chi connectivity index (χ4v) is 2.92. The predicted octanol–water partition coefficient (Wildman–Crippen LogP) is 3.03. The van der Waals surface area contributed by atoms with Crippen LogP contribution in [0.15, 0.2) is 39.8 Å². The van der Waals surface area contributed by atoms with Gasteiger partial charge in [0.15, 0.2) is 5.69 Å². The molecule has 0 saturated heterocycles. The highest BCUT2D eigenvalue weighted by Crippen LogP contribution is 2.39. The van der Waals surface area contributed by atoms with Gasteiger partial charge in [0.25, 0.3) is 0 Å². The van der Waals surface area contributed by atoms with E-state index in [1.165, 1.54) is 12.3 Å². The summed E-state index contributed by atoms with van der Waals surface area (Å²) in [4.78, 5) is 42.7. The Hall–Kier alpha value is -2.47. The summed E-state index contributed by atoms with van der Waals surface area (Å²) in [5.41, 5.74) is -0.390. The second-order valence-corrected chi connectivity index (χ2v) is 6.80. The Labute approximate surface area is 148 Å². The van der Waals surface area contributed by atoms with Crippen LogP contribution < -0.4 is 10.5 Å². The number of nitrogens with zero attached hydrogens (tertiary/aromatic N) is 2. The summed E-state index contributed by atoms with van der Waals surface area (Å²) in [6.45, 7) is 0. The normalized spacial score (nSPS) is 16.5. The maximum Gasteiger partial charge on any atom is 0.362 e. The maximum absolute atomic E-state index is 12.6. The highest BCUT2D eigenvalue weighted by Gasteiger charge is 2.44. The molecule has 2 aromatic rings. The SMILES string of the molecule is O=C(C1CC1)N(C(=O)C1CC1)c1c(Cl)cc(-c2cccnc2)oc1=O. The molecule has 7 heteroatoms. The molecule has 0 N–H and O–H groups in total. The zero-order chi connectivity index (χ0) is 17.6. The molecule has 0 aromatic carbocycles. The molecule has 2 aromatic heterocycles. The van der Waals surface area contributed by atoms with Crippen LogP contribution in [0.2, 0.25) is 5.02 Å². The quantitative estimate of drug-likeness (QED) is 0.785. The van der Waals surface area contributed by atoms with E-state index in [2.05, 4.69) is 4.98 Å². The topological polar surface area (TPSA) is 80.5 Å². The van der Waals surface area contributed by atoms with E-state index in [0.717, 1.165) is 30.6 Å². The third-order valence-corrected chi connectivity index (χ3v) is 4.63. The minimum Gasteiger partial charge on any atom is -0.421 e. The Bertz CT molecular complexity index is 877. The minimum atomic E-state index is -0.797. The Balaban J connectivity index is 1.78. The van der Waals surface area contributed by atoms with Crippen LogP contribution in [0.1, 0.15) is 25.7 Å². The number of carbonyl (C=O) groups excluding carboxylic acids is 2. The van der Waals surface area contributed by atoms with Crippen LogP contribution in [-0.2, 0) is 9.59 Å². The summed E-state index contributed by atoms with van der Waals surface area (Å²) in [5, 5.41) is 0.0260. The van der Waals surface area contributed by atoms with E-state index < -0.39 is 5.63 Å². The van der Waals surface area contributed by atoms with Gasteiger partial charge in [-0.2, -0.15) is 0 Å². The second kappa shape index (κ2) is 6.11. The zero-order valence-corrected chi connectivity index (χ0v) is 14.0. The van der Waals surface area contributed by atoms with E-state index in [1.54, 1.807) is 18.3 Å². The van der Waals surface area contributed by atoms with Crippen molar-refractivity contribution in [3.63, 3.8) is 0 Å². The van der Waals surface area contributed by atoms with Gasteiger partial charge >= 0.3 is 5.63 Å². The van der Waals surface area contributed by atoms with Gasteiger partial charge in [0.1, 0.15) is 5.76 Å². The van der Waals surface area contributed by atoms with E-state index in [-0.39, 0.29) is 40.1 Å². The fraction of sp³-hybridized carbons (Fsp3) is 0.333. The highest BCUT2D eigenvalue weighted by molar-refractivity contribution is 6.35. The Kier molecular flexibility index (Phi) is 3.92. The molecule has 2 heterocycles. The van der Waals surface area contributed by atoms with Crippen molar-refractivity contribution in [1.82, 2.24) is 4.98 Å². The smallest absolute Gasteiger partial charge is 0.362 e. The molecule has 2 fully saturated rings. The average Bonchev–Trinajstić information content (AvgIpc) is 3.50. The lowest BCUT2D eigenvalue weighted by Crippen LogP contribution is -2.42. The second-order valence-electron chi connectivity index (χ2n) is 6.40. The number of aromatic nitrogens is 1. The molecule has 25 heavy (non-hydrogen) atoms. The van der Waals surface area contributed by atoms with Crippen molar-refractivity contribution in [2.75, 3.05) is 4.90 Å². The summed E-state index contributed by atoms with van der Waals surface area (Å²) in [5.74, 6) is -0.905. The van der Waals surface area contributed by atoms with Gasteiger partial charge < -0.3 is 4.42 Å². The standard InChI is InChI=1S/C18H15ClN2O4/c19-13-8-14(12-2-1-7-20-9-12)25-18(24)15(13)21(16(22)10-3-4-10)17(23)11-5-6-11/h1-2,7-11H,3-6H2. The summed E-state index contributed by atoms with van der Waals surface area (Å²) < 4.78 is 5.33. The number of carbonyl (C=O) groups is 2. The average molecular weight is 359 g/mol. The minimum absolute atomic E-state index is 0.0260. The third kappa shape index (κ3) is 3.09. The molecular formula is C18H15ClN2O4. The number of rotatable bonds is 4. The predicted molar refractivity (Wildman–Crippen MR) is 91.2 cm³/mol. The molecule has 0 aliphatic heterocycles. The van der Waals surface area contributed by atoms with Crippen LogP contribution in [0, 0.1) is 11.8 Å². The number of amides is 2. The monoisotopic (exact) mass is 358 g/mol. The van der Waals surface area contributed by atoms with Gasteiger partial charge in [-0.15, -0.1) is 0 Å². The molecule has 0 atom stereocenters. The molecule has 128 valence electrons. The fourth-order valence-electron chi connectivity index (χ4n) is 2.66. The molecule has 6 nitrogen and oxygen atoms in total. The first-order valence-electron chi connectivity index (χ1n) is 8.18. The number of imide groups is 1. The van der Waals surface area contributed by atoms with Crippen molar-refractivity contribution < 1.29 is 14.0 Å². The van der Waals surface area contributed by atoms with Gasteiger partial charge in [0.05, 0.1) is 5.02 Å². The van der Waals surface area contributed by atoms with E-state index >= 15 is 0 Å². The van der Waals surface area contributed by atoms with Crippen molar-refractivity contribution in [3.05, 3.63) is 46.0 Å². The summed E-state index contributed by atoms with van der Waals surface area (Å²) in [6.07, 6.45) is 6.04. The van der Waals surface area contributed by atoms with Gasteiger partial charge in [-0.05, 0) is 37.8 Å². The van der Waals surface area contributed by atoms with Crippen molar-refractivity contribution >= 4 is 29.1 Å². The van der Waals surface area contributed by atoms with Gasteiger partial charge in [-0.25, -0.2) is 9.69 Å². The third-order valence-electron chi connectivity index (χ3n) is 4.34. The highest BCUT2D eigenvalue weighted by atomic mass is 35.5. The molecule has 2 saturated carbocycles. The Morgan fingerprint density at radius 2 is 1.80 bits per heavy atom. The van der Waals surface area contributed by atoms with E-state index in [1.807, 2.05) is 0 Å². The van der Waals surface area contributed by atoms with Crippen molar-refractivity contribution in [2.45, 2.75) is 25.7 Å². The van der Waals surface area contributed by atoms with E-state index in [0.29, 0.717) is 5.56 Å². The van der Waals surface area contributed by atoms with Crippen LogP contribution in [0.3, 0.4) is 0 Å². The first-order chi connectivity index (χ1) is 12.1. The maximum atomic E-state index is 12.6. The molecule has 0 radical (unpaired) electrons. The van der Waals surface area contributed by atoms with Crippen LogP contribution in [0.25, 0.3) is 11.3 Å². The first kappa shape index (κ1) is 16.0. The number of hydrogen-bond acceptors (Lipinski definition) is 5. The lowest BCUT2D eigenvalue weighted by atomic mass is 10.2. The summed E-state index contributed by atoms with van der Waals surface area (Å²) in [6, 6.07) is 4.88. The number of halogens is 1. The van der Waals surface area contributed by atoms with Gasteiger partial charge in [-0.1, -0.05) is 11.6 Å². The van der Waals surface area contributed by atoms with E-state index in [4.69, 9.17) is 16.0 Å². The number of pyridine rings is 1. The summed E-state index contributed by atoms with van der Waals surface area (Å²) in [7, 11) is 0. The summed E-state index contributed by atoms with van der Waals surface area (Å²) >= 11 is 6.29. The van der Waals surface area contributed by atoms with Crippen molar-refractivity contribution in [1.29, 1.82) is 0 Å². The Morgan fingerprint density at radius 1 is 1.16 bits per heavy atom. The van der Waals surface area contributed by atoms with Crippen LogP contribution in [0.4, 0.5) is 5.69 Å². The van der Waals surface area contributed by atoms with Crippen LogP contribution in [-0.4, -0.2) is 16.8 Å². The largest absolute Gasteiger partial charge is 0.421 e. The lowest BCUT2D eigenvalue weighted by molar-refractivity contribution is -0.127. The van der Waals surface area contributed by atoms with Gasteiger partial charge in [0.2, 0.25) is 11.8 Å². The molecule has 0 spiro atoms. The molecule has 2 aliphatic carbocycles. The molecule has 2 amide bonds. The Morgan fingerprint density at radius 3 is 2.28 bits per heavy atom. The molecule has 4 rings (SSSR count). The van der Waals surface area contributed by atoms with E-state index in [9.17, 15) is 14.4 Å².